The van der Waals surface area contributed by atoms with Gasteiger partial charge in [0, 0.05) is 43.9 Å². The summed E-state index contributed by atoms with van der Waals surface area (Å²) in [6, 6.07) is 19.9. The molecular formula is C23H24N4O. The summed E-state index contributed by atoms with van der Waals surface area (Å²) in [5.41, 5.74) is 4.95. The van der Waals surface area contributed by atoms with Crippen molar-refractivity contribution in [3.8, 4) is 0 Å². The summed E-state index contributed by atoms with van der Waals surface area (Å²) < 4.78 is 0. The van der Waals surface area contributed by atoms with Crippen LogP contribution in [0.5, 0.6) is 0 Å². The van der Waals surface area contributed by atoms with Crippen molar-refractivity contribution in [3.05, 3.63) is 78.0 Å². The highest BCUT2D eigenvalue weighted by Gasteiger charge is 2.23. The van der Waals surface area contributed by atoms with Crippen molar-refractivity contribution in [2.75, 3.05) is 35.8 Å². The second kappa shape index (κ2) is 7.72. The van der Waals surface area contributed by atoms with Crippen LogP contribution in [0.15, 0.2) is 66.9 Å². The quantitative estimate of drug-likeness (QED) is 0.733. The van der Waals surface area contributed by atoms with E-state index in [9.17, 15) is 4.79 Å². The monoisotopic (exact) mass is 372 g/mol. The van der Waals surface area contributed by atoms with Crippen LogP contribution in [0, 0.1) is 0 Å². The Morgan fingerprint density at radius 2 is 1.82 bits per heavy atom. The fourth-order valence-electron chi connectivity index (χ4n) is 3.49. The average Bonchev–Trinajstić information content (AvgIpc) is 2.74. The SMILES string of the molecule is CN(C)c1ccc(Nc2ccc(C(=O)N3CCCc4ccccc43)cn2)cc1. The van der Waals surface area contributed by atoms with E-state index in [4.69, 9.17) is 0 Å². The number of anilines is 4. The number of pyridine rings is 1. The molecule has 0 saturated heterocycles. The third-order valence-corrected chi connectivity index (χ3v) is 5.02. The molecule has 2 aromatic carbocycles. The van der Waals surface area contributed by atoms with Crippen molar-refractivity contribution in [1.82, 2.24) is 4.98 Å². The molecule has 1 aliphatic heterocycles. The van der Waals surface area contributed by atoms with Crippen LogP contribution in [0.1, 0.15) is 22.3 Å². The number of para-hydroxylation sites is 1. The Kier molecular flexibility index (Phi) is 4.98. The van der Waals surface area contributed by atoms with Gasteiger partial charge in [0.05, 0.1) is 5.56 Å². The molecule has 4 rings (SSSR count). The highest BCUT2D eigenvalue weighted by atomic mass is 16.2. The van der Waals surface area contributed by atoms with Crippen molar-refractivity contribution >= 4 is 28.8 Å². The Bertz CT molecular complexity index is 965. The minimum atomic E-state index is 0.00142. The Morgan fingerprint density at radius 1 is 1.04 bits per heavy atom. The number of aromatic nitrogens is 1. The van der Waals surface area contributed by atoms with Gasteiger partial charge in [-0.25, -0.2) is 4.98 Å². The van der Waals surface area contributed by atoms with Crippen LogP contribution in [0.25, 0.3) is 0 Å². The minimum absolute atomic E-state index is 0.00142. The molecule has 0 atom stereocenters. The predicted octanol–water partition coefficient (Wildman–Crippen LogP) is 4.48. The standard InChI is InChI=1S/C23H24N4O/c1-26(2)20-12-10-19(11-13-20)25-22-14-9-18(16-24-22)23(28)27-15-5-7-17-6-3-4-8-21(17)27/h3-4,6,8-14,16H,5,7,15H2,1-2H3,(H,24,25). The molecule has 28 heavy (non-hydrogen) atoms. The van der Waals surface area contributed by atoms with Gasteiger partial charge in [-0.3, -0.25) is 4.79 Å². The van der Waals surface area contributed by atoms with E-state index in [1.807, 2.05) is 73.6 Å². The van der Waals surface area contributed by atoms with Crippen LogP contribution < -0.4 is 15.1 Å². The number of rotatable bonds is 4. The van der Waals surface area contributed by atoms with Crippen LogP contribution in [0.2, 0.25) is 0 Å². The summed E-state index contributed by atoms with van der Waals surface area (Å²) in [4.78, 5) is 21.3. The number of fused-ring (bicyclic) bond motifs is 1. The number of aryl methyl sites for hydroxylation is 1. The van der Waals surface area contributed by atoms with E-state index in [1.54, 1.807) is 6.20 Å². The molecule has 1 aliphatic rings. The largest absolute Gasteiger partial charge is 0.378 e. The first-order chi connectivity index (χ1) is 13.6. The van der Waals surface area contributed by atoms with Gasteiger partial charge >= 0.3 is 0 Å². The predicted molar refractivity (Wildman–Crippen MR) is 115 cm³/mol. The van der Waals surface area contributed by atoms with Crippen molar-refractivity contribution in [2.24, 2.45) is 0 Å². The van der Waals surface area contributed by atoms with E-state index >= 15 is 0 Å². The van der Waals surface area contributed by atoms with Gasteiger partial charge < -0.3 is 15.1 Å². The second-order valence-corrected chi connectivity index (χ2v) is 7.19. The van der Waals surface area contributed by atoms with Gasteiger partial charge in [0.2, 0.25) is 0 Å². The Morgan fingerprint density at radius 3 is 2.54 bits per heavy atom. The van der Waals surface area contributed by atoms with Crippen LogP contribution in [-0.4, -0.2) is 31.5 Å². The number of hydrogen-bond acceptors (Lipinski definition) is 4. The maximum Gasteiger partial charge on any atom is 0.259 e. The molecule has 0 fully saturated rings. The number of carbonyl (C=O) groups excluding carboxylic acids is 1. The topological polar surface area (TPSA) is 48.5 Å². The molecule has 2 heterocycles. The summed E-state index contributed by atoms with van der Waals surface area (Å²) in [5, 5.41) is 3.28. The lowest BCUT2D eigenvalue weighted by Gasteiger charge is -2.29. The van der Waals surface area contributed by atoms with Crippen LogP contribution in [0.3, 0.4) is 0 Å². The van der Waals surface area contributed by atoms with Gasteiger partial charge in [-0.05, 0) is 60.9 Å². The van der Waals surface area contributed by atoms with Gasteiger partial charge in [-0.1, -0.05) is 18.2 Å². The maximum atomic E-state index is 13.0. The van der Waals surface area contributed by atoms with E-state index in [-0.39, 0.29) is 5.91 Å². The molecule has 1 amide bonds. The number of benzene rings is 2. The van der Waals surface area contributed by atoms with Crippen LogP contribution in [-0.2, 0) is 6.42 Å². The zero-order valence-corrected chi connectivity index (χ0v) is 16.2. The lowest BCUT2D eigenvalue weighted by molar-refractivity contribution is 0.0985. The smallest absolute Gasteiger partial charge is 0.259 e. The average molecular weight is 372 g/mol. The lowest BCUT2D eigenvalue weighted by atomic mass is 10.0. The summed E-state index contributed by atoms with van der Waals surface area (Å²) >= 11 is 0. The third-order valence-electron chi connectivity index (χ3n) is 5.02. The first-order valence-corrected chi connectivity index (χ1v) is 9.52. The van der Waals surface area contributed by atoms with Crippen molar-refractivity contribution in [3.63, 3.8) is 0 Å². The van der Waals surface area contributed by atoms with Gasteiger partial charge in [0.25, 0.3) is 5.91 Å². The fourth-order valence-corrected chi connectivity index (χ4v) is 3.49. The first-order valence-electron chi connectivity index (χ1n) is 9.52. The molecule has 0 spiro atoms. The number of carbonyl (C=O) groups is 1. The number of hydrogen-bond donors (Lipinski definition) is 1. The van der Waals surface area contributed by atoms with E-state index in [2.05, 4.69) is 21.3 Å². The summed E-state index contributed by atoms with van der Waals surface area (Å²) in [5.74, 6) is 0.717. The zero-order valence-electron chi connectivity index (χ0n) is 16.2. The highest BCUT2D eigenvalue weighted by molar-refractivity contribution is 6.06. The molecule has 5 heteroatoms. The maximum absolute atomic E-state index is 13.0. The first kappa shape index (κ1) is 18.0. The molecule has 1 aromatic heterocycles. The molecule has 0 bridgehead atoms. The summed E-state index contributed by atoms with van der Waals surface area (Å²) in [7, 11) is 4.03. The van der Waals surface area contributed by atoms with Gasteiger partial charge in [-0.2, -0.15) is 0 Å². The second-order valence-electron chi connectivity index (χ2n) is 7.19. The van der Waals surface area contributed by atoms with Crippen LogP contribution in [0.4, 0.5) is 22.9 Å². The Labute approximate surface area is 165 Å². The number of nitrogens with one attached hydrogen (secondary N) is 1. The lowest BCUT2D eigenvalue weighted by Crippen LogP contribution is -2.35. The third kappa shape index (κ3) is 3.69. The van der Waals surface area contributed by atoms with E-state index < -0.39 is 0 Å². The van der Waals surface area contributed by atoms with Crippen molar-refractivity contribution in [1.29, 1.82) is 0 Å². The molecule has 0 saturated carbocycles. The van der Waals surface area contributed by atoms with Crippen LogP contribution >= 0.6 is 0 Å². The normalized spacial score (nSPS) is 13.0. The summed E-state index contributed by atoms with van der Waals surface area (Å²) in [6.07, 6.45) is 3.66. The van der Waals surface area contributed by atoms with Crippen molar-refractivity contribution in [2.45, 2.75) is 12.8 Å². The van der Waals surface area contributed by atoms with E-state index in [1.165, 1.54) is 5.56 Å². The zero-order chi connectivity index (χ0) is 19.5. The minimum Gasteiger partial charge on any atom is -0.378 e. The van der Waals surface area contributed by atoms with Gasteiger partial charge in [0.1, 0.15) is 5.82 Å². The molecule has 3 aromatic rings. The van der Waals surface area contributed by atoms with E-state index in [0.29, 0.717) is 11.4 Å². The van der Waals surface area contributed by atoms with Gasteiger partial charge in [-0.15, -0.1) is 0 Å². The van der Waals surface area contributed by atoms with Gasteiger partial charge in [0.15, 0.2) is 0 Å². The van der Waals surface area contributed by atoms with Crippen molar-refractivity contribution < 1.29 is 4.79 Å². The molecule has 1 N–H and O–H groups in total. The molecule has 0 unspecified atom stereocenters. The van der Waals surface area contributed by atoms with E-state index in [0.717, 1.165) is 36.4 Å². The molecule has 142 valence electrons. The molecule has 0 aliphatic carbocycles. The number of amides is 1. The highest BCUT2D eigenvalue weighted by Crippen LogP contribution is 2.28. The molecule has 5 nitrogen and oxygen atoms in total. The Hall–Kier alpha value is -3.34. The Balaban J connectivity index is 1.48. The molecule has 0 radical (unpaired) electrons. The number of nitrogens with zero attached hydrogens (tertiary/aromatic N) is 3. The molecular weight excluding hydrogens is 348 g/mol. The fraction of sp³-hybridized carbons (Fsp3) is 0.217. The summed E-state index contributed by atoms with van der Waals surface area (Å²) in [6.45, 7) is 0.744.